The van der Waals surface area contributed by atoms with Gasteiger partial charge in [-0.1, -0.05) is 11.6 Å². The Morgan fingerprint density at radius 2 is 2.04 bits per heavy atom. The number of nitrogens with zero attached hydrogens (tertiary/aromatic N) is 5. The number of ether oxygens (including phenoxy) is 2. The van der Waals surface area contributed by atoms with Crippen molar-refractivity contribution in [2.45, 2.75) is 6.42 Å². The molecule has 8 nitrogen and oxygen atoms in total. The van der Waals surface area contributed by atoms with E-state index in [0.717, 1.165) is 6.42 Å². The maximum Gasteiger partial charge on any atom is 0.230 e. The van der Waals surface area contributed by atoms with E-state index < -0.39 is 0 Å². The van der Waals surface area contributed by atoms with Gasteiger partial charge in [-0.2, -0.15) is 20.2 Å². The Morgan fingerprint density at radius 3 is 2.77 bits per heavy atom. The first-order valence-corrected chi connectivity index (χ1v) is 8.26. The molecule has 3 rings (SSSR count). The van der Waals surface area contributed by atoms with Gasteiger partial charge in [-0.3, -0.25) is 0 Å². The molecular weight excluding hydrogens is 356 g/mol. The van der Waals surface area contributed by atoms with Crippen LogP contribution in [0.15, 0.2) is 12.1 Å². The number of hydrogen-bond donors (Lipinski definition) is 1. The van der Waals surface area contributed by atoms with Crippen LogP contribution in [0.1, 0.15) is 17.8 Å². The van der Waals surface area contributed by atoms with Crippen LogP contribution in [0.2, 0.25) is 5.02 Å². The van der Waals surface area contributed by atoms with Gasteiger partial charge in [0, 0.05) is 20.5 Å². The van der Waals surface area contributed by atoms with Crippen LogP contribution in [0.25, 0.3) is 11.6 Å². The van der Waals surface area contributed by atoms with Crippen molar-refractivity contribution in [2.75, 3.05) is 37.9 Å². The largest absolute Gasteiger partial charge is 0.489 e. The molecule has 26 heavy (non-hydrogen) atoms. The standard InChI is InChI=1S/C17H17ClN6O2/c1-24(2)17-22-15(21-16(20)23-17)11(9-19)6-10-7-12(18)14-13(8-10)25-4-3-5-26-14/h6-8H,3-5H2,1-2H3,(H2,20,21,22,23). The van der Waals surface area contributed by atoms with Crippen LogP contribution in [-0.4, -0.2) is 42.3 Å². The molecule has 0 bridgehead atoms. The number of rotatable bonds is 3. The summed E-state index contributed by atoms with van der Waals surface area (Å²) in [5, 5.41) is 9.97. The molecule has 9 heteroatoms. The first-order chi connectivity index (χ1) is 12.5. The average molecular weight is 373 g/mol. The van der Waals surface area contributed by atoms with Crippen LogP contribution >= 0.6 is 11.6 Å². The Labute approximate surface area is 155 Å². The molecule has 0 saturated heterocycles. The molecule has 0 fully saturated rings. The van der Waals surface area contributed by atoms with Gasteiger partial charge in [0.1, 0.15) is 6.07 Å². The first-order valence-electron chi connectivity index (χ1n) is 7.88. The number of nitrogens with two attached hydrogens (primary N) is 1. The maximum atomic E-state index is 9.55. The number of benzene rings is 1. The van der Waals surface area contributed by atoms with Crippen LogP contribution in [-0.2, 0) is 0 Å². The van der Waals surface area contributed by atoms with Gasteiger partial charge in [0.05, 0.1) is 23.8 Å². The molecule has 2 N–H and O–H groups in total. The minimum absolute atomic E-state index is 0.0385. The van der Waals surface area contributed by atoms with Crippen LogP contribution < -0.4 is 20.1 Å². The molecule has 0 radical (unpaired) electrons. The number of nitriles is 1. The molecule has 1 aromatic carbocycles. The fraction of sp³-hybridized carbons (Fsp3) is 0.294. The highest BCUT2D eigenvalue weighted by Gasteiger charge is 2.16. The van der Waals surface area contributed by atoms with Crippen molar-refractivity contribution in [1.82, 2.24) is 15.0 Å². The highest BCUT2D eigenvalue weighted by Crippen LogP contribution is 2.38. The van der Waals surface area contributed by atoms with Gasteiger partial charge in [-0.15, -0.1) is 0 Å². The zero-order valence-corrected chi connectivity index (χ0v) is 15.1. The van der Waals surface area contributed by atoms with Crippen molar-refractivity contribution in [3.8, 4) is 17.6 Å². The quantitative estimate of drug-likeness (QED) is 0.817. The predicted molar refractivity (Wildman–Crippen MR) is 99.1 cm³/mol. The minimum Gasteiger partial charge on any atom is -0.489 e. The number of allylic oxidation sites excluding steroid dienone is 1. The molecule has 2 heterocycles. The summed E-state index contributed by atoms with van der Waals surface area (Å²) < 4.78 is 11.3. The van der Waals surface area contributed by atoms with Crippen LogP contribution in [0.4, 0.5) is 11.9 Å². The van der Waals surface area contributed by atoms with Crippen molar-refractivity contribution in [3.63, 3.8) is 0 Å². The second-order valence-electron chi connectivity index (χ2n) is 5.76. The molecule has 0 spiro atoms. The van der Waals surface area contributed by atoms with E-state index in [4.69, 9.17) is 26.8 Å². The van der Waals surface area contributed by atoms with Crippen molar-refractivity contribution >= 4 is 35.1 Å². The molecular formula is C17H17ClN6O2. The molecule has 0 unspecified atom stereocenters. The zero-order chi connectivity index (χ0) is 18.7. The molecule has 1 aromatic heterocycles. The summed E-state index contributed by atoms with van der Waals surface area (Å²) >= 11 is 6.30. The maximum absolute atomic E-state index is 9.55. The van der Waals surface area contributed by atoms with E-state index in [0.29, 0.717) is 41.2 Å². The second-order valence-corrected chi connectivity index (χ2v) is 6.17. The molecule has 0 aliphatic carbocycles. The Morgan fingerprint density at radius 1 is 1.27 bits per heavy atom. The molecule has 134 valence electrons. The number of anilines is 2. The van der Waals surface area contributed by atoms with Crippen LogP contribution in [0.5, 0.6) is 11.5 Å². The van der Waals surface area contributed by atoms with E-state index in [1.165, 1.54) is 0 Å². The predicted octanol–water partition coefficient (Wildman–Crippen LogP) is 2.40. The summed E-state index contributed by atoms with van der Waals surface area (Å²) in [6.45, 7) is 1.08. The first kappa shape index (κ1) is 17.8. The normalized spacial score (nSPS) is 13.7. The van der Waals surface area contributed by atoms with Crippen LogP contribution in [0, 0.1) is 11.3 Å². The van der Waals surface area contributed by atoms with Crippen LogP contribution in [0.3, 0.4) is 0 Å². The fourth-order valence-corrected chi connectivity index (χ4v) is 2.62. The summed E-state index contributed by atoms with van der Waals surface area (Å²) in [7, 11) is 3.55. The monoisotopic (exact) mass is 372 g/mol. The van der Waals surface area contributed by atoms with E-state index >= 15 is 0 Å². The third-order valence-corrected chi connectivity index (χ3v) is 3.82. The van der Waals surface area contributed by atoms with E-state index in [2.05, 4.69) is 21.0 Å². The lowest BCUT2D eigenvalue weighted by atomic mass is 10.1. The van der Waals surface area contributed by atoms with Crippen molar-refractivity contribution in [2.24, 2.45) is 0 Å². The van der Waals surface area contributed by atoms with E-state index in [1.807, 2.05) is 0 Å². The molecule has 0 atom stereocenters. The number of halogens is 1. The van der Waals surface area contributed by atoms with E-state index in [-0.39, 0.29) is 17.3 Å². The third kappa shape index (κ3) is 3.78. The van der Waals surface area contributed by atoms with Crippen molar-refractivity contribution in [1.29, 1.82) is 5.26 Å². The fourth-order valence-electron chi connectivity index (χ4n) is 2.35. The van der Waals surface area contributed by atoms with Gasteiger partial charge in [0.15, 0.2) is 17.3 Å². The van der Waals surface area contributed by atoms with Crippen molar-refractivity contribution < 1.29 is 9.47 Å². The Kier molecular flexibility index (Phi) is 5.09. The Bertz CT molecular complexity index is 907. The van der Waals surface area contributed by atoms with Gasteiger partial charge in [-0.25, -0.2) is 0 Å². The third-order valence-electron chi connectivity index (χ3n) is 3.54. The molecule has 0 saturated carbocycles. The minimum atomic E-state index is 0.0385. The summed E-state index contributed by atoms with van der Waals surface area (Å²) in [4.78, 5) is 14.0. The highest BCUT2D eigenvalue weighted by atomic mass is 35.5. The van der Waals surface area contributed by atoms with E-state index in [9.17, 15) is 5.26 Å². The molecule has 1 aliphatic heterocycles. The Hall–Kier alpha value is -3.05. The van der Waals surface area contributed by atoms with Gasteiger partial charge >= 0.3 is 0 Å². The molecule has 2 aromatic rings. The SMILES string of the molecule is CN(C)c1nc(N)nc(C(C#N)=Cc2cc(Cl)c3c(c2)OCCCO3)n1. The number of fused-ring (bicyclic) bond motifs is 1. The van der Waals surface area contributed by atoms with Crippen molar-refractivity contribution in [3.05, 3.63) is 28.5 Å². The number of nitrogen functional groups attached to an aromatic ring is 1. The summed E-state index contributed by atoms with van der Waals surface area (Å²) in [5.74, 6) is 1.65. The number of aromatic nitrogens is 3. The highest BCUT2D eigenvalue weighted by molar-refractivity contribution is 6.32. The lowest BCUT2D eigenvalue weighted by Gasteiger charge is -2.12. The topological polar surface area (TPSA) is 110 Å². The van der Waals surface area contributed by atoms with Gasteiger partial charge in [-0.05, 0) is 23.8 Å². The smallest absolute Gasteiger partial charge is 0.230 e. The second kappa shape index (κ2) is 7.45. The van der Waals surface area contributed by atoms with Gasteiger partial charge in [0.25, 0.3) is 0 Å². The Balaban J connectivity index is 2.04. The summed E-state index contributed by atoms with van der Waals surface area (Å²) in [6, 6.07) is 5.55. The van der Waals surface area contributed by atoms with Gasteiger partial charge < -0.3 is 20.1 Å². The number of hydrogen-bond acceptors (Lipinski definition) is 8. The van der Waals surface area contributed by atoms with E-state index in [1.54, 1.807) is 37.2 Å². The molecule has 0 amide bonds. The molecule has 1 aliphatic rings. The zero-order valence-electron chi connectivity index (χ0n) is 14.4. The van der Waals surface area contributed by atoms with Gasteiger partial charge in [0.2, 0.25) is 11.9 Å². The lowest BCUT2D eigenvalue weighted by Crippen LogP contribution is -2.15. The average Bonchev–Trinajstić information content (AvgIpc) is 2.85. The summed E-state index contributed by atoms with van der Waals surface area (Å²) in [6.07, 6.45) is 2.39. The lowest BCUT2D eigenvalue weighted by molar-refractivity contribution is 0.297. The summed E-state index contributed by atoms with van der Waals surface area (Å²) in [5.41, 5.74) is 6.63.